The van der Waals surface area contributed by atoms with Crippen molar-refractivity contribution in [1.29, 1.82) is 0 Å². The van der Waals surface area contributed by atoms with Crippen LogP contribution in [0.15, 0.2) is 47.0 Å². The molecule has 76 valence electrons. The van der Waals surface area contributed by atoms with Crippen LogP contribution in [0.3, 0.4) is 0 Å². The van der Waals surface area contributed by atoms with Gasteiger partial charge in [0.25, 0.3) is 0 Å². The van der Waals surface area contributed by atoms with Crippen LogP contribution in [0.1, 0.15) is 0 Å². The van der Waals surface area contributed by atoms with Crippen LogP contribution in [-0.4, -0.2) is 23.5 Å². The molecule has 0 atom stereocenters. The van der Waals surface area contributed by atoms with E-state index in [9.17, 15) is 4.79 Å². The standard InChI is InChI=1S/C11H10N2O2/c14-7-8-6-10(15)13-11(8)12-9-4-2-1-3-5-9/h1-6,14H,7H2,(H,12,13,15). The molecule has 1 amide bonds. The van der Waals surface area contributed by atoms with Gasteiger partial charge in [-0.2, -0.15) is 0 Å². The number of amidine groups is 1. The number of nitrogens with one attached hydrogen (secondary N) is 1. The summed E-state index contributed by atoms with van der Waals surface area (Å²) in [4.78, 5) is 15.3. The molecule has 4 heteroatoms. The van der Waals surface area contributed by atoms with Gasteiger partial charge in [0.1, 0.15) is 5.84 Å². The minimum absolute atomic E-state index is 0.190. The molecule has 1 aromatic rings. The molecule has 0 saturated heterocycles. The molecule has 0 bridgehead atoms. The summed E-state index contributed by atoms with van der Waals surface area (Å²) in [7, 11) is 0. The number of rotatable bonds is 2. The number of hydrogen-bond acceptors (Lipinski definition) is 3. The maximum Gasteiger partial charge on any atom is 0.250 e. The van der Waals surface area contributed by atoms with Gasteiger partial charge in [-0.25, -0.2) is 4.99 Å². The van der Waals surface area contributed by atoms with E-state index in [1.54, 1.807) is 0 Å². The van der Waals surface area contributed by atoms with E-state index < -0.39 is 0 Å². The summed E-state index contributed by atoms with van der Waals surface area (Å²) in [6.07, 6.45) is 1.35. The first-order valence-corrected chi connectivity index (χ1v) is 4.56. The van der Waals surface area contributed by atoms with Crippen LogP contribution in [0, 0.1) is 0 Å². The predicted octanol–water partition coefficient (Wildman–Crippen LogP) is 0.765. The van der Waals surface area contributed by atoms with Crippen molar-refractivity contribution < 1.29 is 9.90 Å². The van der Waals surface area contributed by atoms with Gasteiger partial charge >= 0.3 is 0 Å². The molecule has 0 aromatic heterocycles. The highest BCUT2D eigenvalue weighted by Gasteiger charge is 2.17. The first kappa shape index (κ1) is 9.61. The Morgan fingerprint density at radius 2 is 2.00 bits per heavy atom. The van der Waals surface area contributed by atoms with Crippen LogP contribution in [0.25, 0.3) is 0 Å². The van der Waals surface area contributed by atoms with Crippen LogP contribution < -0.4 is 5.32 Å². The quantitative estimate of drug-likeness (QED) is 0.743. The van der Waals surface area contributed by atoms with Gasteiger partial charge in [-0.15, -0.1) is 0 Å². The van der Waals surface area contributed by atoms with Gasteiger partial charge in [0.05, 0.1) is 12.3 Å². The van der Waals surface area contributed by atoms with Gasteiger partial charge in [-0.05, 0) is 12.1 Å². The Kier molecular flexibility index (Phi) is 2.60. The van der Waals surface area contributed by atoms with Crippen molar-refractivity contribution in [2.45, 2.75) is 0 Å². The lowest BCUT2D eigenvalue weighted by molar-refractivity contribution is -0.114. The average molecular weight is 202 g/mol. The van der Waals surface area contributed by atoms with Crippen molar-refractivity contribution in [2.75, 3.05) is 6.61 Å². The lowest BCUT2D eigenvalue weighted by Gasteiger charge is -2.01. The highest BCUT2D eigenvalue weighted by molar-refractivity contribution is 6.19. The Balaban J connectivity index is 2.29. The summed E-state index contributed by atoms with van der Waals surface area (Å²) in [5.74, 6) is 0.183. The Morgan fingerprint density at radius 1 is 1.27 bits per heavy atom. The van der Waals surface area contributed by atoms with Crippen LogP contribution in [0.5, 0.6) is 0 Å². The molecule has 0 aliphatic carbocycles. The molecule has 15 heavy (non-hydrogen) atoms. The molecular formula is C11H10N2O2. The summed E-state index contributed by atoms with van der Waals surface area (Å²) < 4.78 is 0. The number of amides is 1. The summed E-state index contributed by atoms with van der Waals surface area (Å²) in [6.45, 7) is -0.190. The van der Waals surface area contributed by atoms with Crippen molar-refractivity contribution in [3.05, 3.63) is 42.0 Å². The van der Waals surface area contributed by atoms with E-state index in [2.05, 4.69) is 10.3 Å². The van der Waals surface area contributed by atoms with Crippen molar-refractivity contribution in [1.82, 2.24) is 5.32 Å². The molecule has 0 unspecified atom stereocenters. The maximum absolute atomic E-state index is 11.0. The Bertz CT molecular complexity index is 435. The topological polar surface area (TPSA) is 61.7 Å². The highest BCUT2D eigenvalue weighted by atomic mass is 16.3. The number of hydrogen-bond donors (Lipinski definition) is 2. The Labute approximate surface area is 87.0 Å². The van der Waals surface area contributed by atoms with E-state index in [0.717, 1.165) is 5.69 Å². The van der Waals surface area contributed by atoms with Gasteiger partial charge in [-0.1, -0.05) is 18.2 Å². The molecule has 1 aliphatic heterocycles. The molecule has 4 nitrogen and oxygen atoms in total. The van der Waals surface area contributed by atoms with E-state index >= 15 is 0 Å². The molecule has 0 fully saturated rings. The number of aliphatic hydroxyl groups excluding tert-OH is 1. The first-order chi connectivity index (χ1) is 7.29. The second-order valence-electron chi connectivity index (χ2n) is 3.11. The van der Waals surface area contributed by atoms with Gasteiger partial charge in [0.15, 0.2) is 0 Å². The van der Waals surface area contributed by atoms with Crippen LogP contribution in [0.2, 0.25) is 0 Å². The average Bonchev–Trinajstić information content (AvgIpc) is 2.60. The molecule has 2 N–H and O–H groups in total. The zero-order chi connectivity index (χ0) is 10.7. The fraction of sp³-hybridized carbons (Fsp3) is 0.0909. The number of carbonyl (C=O) groups is 1. The summed E-state index contributed by atoms with van der Waals surface area (Å²) in [5, 5.41) is 11.6. The molecular weight excluding hydrogens is 192 g/mol. The van der Waals surface area contributed by atoms with Crippen LogP contribution >= 0.6 is 0 Å². The SMILES string of the molecule is O=C1C=C(CO)C(=Nc2ccccc2)N1. The van der Waals surface area contributed by atoms with Crippen molar-refractivity contribution in [3.8, 4) is 0 Å². The fourth-order valence-corrected chi connectivity index (χ4v) is 1.31. The molecule has 0 spiro atoms. The van der Waals surface area contributed by atoms with Crippen molar-refractivity contribution in [2.24, 2.45) is 4.99 Å². The monoisotopic (exact) mass is 202 g/mol. The summed E-state index contributed by atoms with van der Waals surface area (Å²) in [6, 6.07) is 9.26. The van der Waals surface area contributed by atoms with E-state index in [4.69, 9.17) is 5.11 Å². The minimum Gasteiger partial charge on any atom is -0.392 e. The summed E-state index contributed by atoms with van der Waals surface area (Å²) in [5.41, 5.74) is 1.26. The van der Waals surface area contributed by atoms with Gasteiger partial charge in [-0.3, -0.25) is 4.79 Å². The summed E-state index contributed by atoms with van der Waals surface area (Å²) >= 11 is 0. The lowest BCUT2D eigenvalue weighted by atomic mass is 10.2. The molecule has 1 aromatic carbocycles. The number of aliphatic hydroxyl groups is 1. The zero-order valence-corrected chi connectivity index (χ0v) is 7.97. The normalized spacial score (nSPS) is 17.8. The smallest absolute Gasteiger partial charge is 0.250 e. The number of nitrogens with zero attached hydrogens (tertiary/aromatic N) is 1. The van der Waals surface area contributed by atoms with E-state index in [1.165, 1.54) is 6.08 Å². The van der Waals surface area contributed by atoms with E-state index in [1.807, 2.05) is 30.3 Å². The number of carbonyl (C=O) groups excluding carboxylic acids is 1. The fourth-order valence-electron chi connectivity index (χ4n) is 1.31. The van der Waals surface area contributed by atoms with Gasteiger partial charge in [0.2, 0.25) is 5.91 Å². The molecule has 1 heterocycles. The van der Waals surface area contributed by atoms with E-state index in [-0.39, 0.29) is 12.5 Å². The van der Waals surface area contributed by atoms with Gasteiger partial charge < -0.3 is 10.4 Å². The third-order valence-corrected chi connectivity index (χ3v) is 2.02. The molecule has 0 radical (unpaired) electrons. The van der Waals surface area contributed by atoms with Crippen molar-refractivity contribution >= 4 is 17.4 Å². The largest absolute Gasteiger partial charge is 0.392 e. The first-order valence-electron chi connectivity index (χ1n) is 4.56. The third kappa shape index (κ3) is 2.11. The molecule has 2 rings (SSSR count). The number of aliphatic imine (C=N–C) groups is 1. The molecule has 0 saturated carbocycles. The Hall–Kier alpha value is -1.94. The lowest BCUT2D eigenvalue weighted by Crippen LogP contribution is -2.23. The number of para-hydroxylation sites is 1. The highest BCUT2D eigenvalue weighted by Crippen LogP contribution is 2.13. The molecule has 1 aliphatic rings. The number of benzene rings is 1. The second kappa shape index (κ2) is 4.06. The van der Waals surface area contributed by atoms with Gasteiger partial charge in [0, 0.05) is 11.6 Å². The van der Waals surface area contributed by atoms with Crippen LogP contribution in [-0.2, 0) is 4.79 Å². The maximum atomic E-state index is 11.0. The van der Waals surface area contributed by atoms with Crippen molar-refractivity contribution in [3.63, 3.8) is 0 Å². The Morgan fingerprint density at radius 3 is 2.67 bits per heavy atom. The van der Waals surface area contributed by atoms with Crippen LogP contribution in [0.4, 0.5) is 5.69 Å². The minimum atomic E-state index is -0.242. The second-order valence-corrected chi connectivity index (χ2v) is 3.11. The third-order valence-electron chi connectivity index (χ3n) is 2.02. The predicted molar refractivity (Wildman–Crippen MR) is 56.8 cm³/mol. The zero-order valence-electron chi connectivity index (χ0n) is 7.97. The van der Waals surface area contributed by atoms with E-state index in [0.29, 0.717) is 11.4 Å².